The fraction of sp³-hybridized carbons (Fsp3) is 0.125. The van der Waals surface area contributed by atoms with Crippen molar-refractivity contribution in [3.63, 3.8) is 0 Å². The van der Waals surface area contributed by atoms with Crippen molar-refractivity contribution >= 4 is 29.0 Å². The third-order valence-corrected chi connectivity index (χ3v) is 3.64. The van der Waals surface area contributed by atoms with Crippen LogP contribution in [0, 0.1) is 0 Å². The second kappa shape index (κ2) is 5.22. The number of Topliss-reactive ketones (excluding diaryl/α,β-unsaturated/α-hetero) is 1. The number of nitrogens with zero attached hydrogens (tertiary/aromatic N) is 1. The van der Waals surface area contributed by atoms with E-state index >= 15 is 0 Å². The molecule has 2 aromatic carbocycles. The van der Waals surface area contributed by atoms with E-state index in [0.29, 0.717) is 28.6 Å². The number of fused-ring (bicyclic) bond motifs is 1. The summed E-state index contributed by atoms with van der Waals surface area (Å²) in [6, 6.07) is 12.3. The highest BCUT2D eigenvalue weighted by atomic mass is 35.5. The minimum Gasteiger partial charge on any atom is -0.497 e. The number of amides is 1. The van der Waals surface area contributed by atoms with Crippen LogP contribution in [0.25, 0.3) is 0 Å². The number of ether oxygens (including phenoxy) is 1. The van der Waals surface area contributed by atoms with Crippen LogP contribution in [0.1, 0.15) is 15.9 Å². The third kappa shape index (κ3) is 2.38. The molecule has 1 aliphatic rings. The lowest BCUT2D eigenvalue weighted by molar-refractivity contribution is -0.114. The zero-order valence-electron chi connectivity index (χ0n) is 11.3. The van der Waals surface area contributed by atoms with Gasteiger partial charge >= 0.3 is 0 Å². The Hall–Kier alpha value is -2.33. The third-order valence-electron chi connectivity index (χ3n) is 3.41. The van der Waals surface area contributed by atoms with Crippen LogP contribution in [0.5, 0.6) is 5.75 Å². The molecule has 0 radical (unpaired) electrons. The molecular weight excluding hydrogens is 290 g/mol. The van der Waals surface area contributed by atoms with Gasteiger partial charge in [0.2, 0.25) is 0 Å². The molecule has 0 atom stereocenters. The zero-order valence-corrected chi connectivity index (χ0v) is 12.1. The lowest BCUT2D eigenvalue weighted by Gasteiger charge is -2.16. The Bertz CT molecular complexity index is 742. The van der Waals surface area contributed by atoms with E-state index in [4.69, 9.17) is 16.3 Å². The van der Waals surface area contributed by atoms with Gasteiger partial charge in [-0.1, -0.05) is 23.7 Å². The van der Waals surface area contributed by atoms with Gasteiger partial charge in [-0.3, -0.25) is 9.59 Å². The molecule has 0 saturated carbocycles. The van der Waals surface area contributed by atoms with Gasteiger partial charge in [-0.15, -0.1) is 0 Å². The first-order valence-corrected chi connectivity index (χ1v) is 6.76. The Labute approximate surface area is 126 Å². The average Bonchev–Trinajstić information content (AvgIpc) is 2.72. The molecule has 3 rings (SSSR count). The van der Waals surface area contributed by atoms with Gasteiger partial charge in [0.1, 0.15) is 5.75 Å². The fourth-order valence-electron chi connectivity index (χ4n) is 2.38. The van der Waals surface area contributed by atoms with Crippen molar-refractivity contribution in [1.82, 2.24) is 0 Å². The SMILES string of the molecule is COc1ccc2c(c1)C(=O)C(=O)N2Cc1cccc(Cl)c1. The minimum atomic E-state index is -0.529. The second-order valence-electron chi connectivity index (χ2n) is 4.73. The number of methoxy groups -OCH3 is 1. The molecular formula is C16H12ClNO3. The Kier molecular flexibility index (Phi) is 3.39. The monoisotopic (exact) mass is 301 g/mol. The van der Waals surface area contributed by atoms with Crippen LogP contribution < -0.4 is 9.64 Å². The summed E-state index contributed by atoms with van der Waals surface area (Å²) in [5.74, 6) is -0.483. The van der Waals surface area contributed by atoms with Crippen LogP contribution in [0.3, 0.4) is 0 Å². The van der Waals surface area contributed by atoms with E-state index in [1.807, 2.05) is 12.1 Å². The quantitative estimate of drug-likeness (QED) is 0.819. The highest BCUT2D eigenvalue weighted by molar-refractivity contribution is 6.52. The highest BCUT2D eigenvalue weighted by Crippen LogP contribution is 2.33. The summed E-state index contributed by atoms with van der Waals surface area (Å²) in [5.41, 5.74) is 1.85. The number of rotatable bonds is 3. The van der Waals surface area contributed by atoms with E-state index in [-0.39, 0.29) is 0 Å². The van der Waals surface area contributed by atoms with Crippen molar-refractivity contribution < 1.29 is 14.3 Å². The van der Waals surface area contributed by atoms with Gasteiger partial charge in [0.05, 0.1) is 24.9 Å². The summed E-state index contributed by atoms with van der Waals surface area (Å²) in [6.07, 6.45) is 0. The molecule has 0 aliphatic carbocycles. The van der Waals surface area contributed by atoms with Crippen molar-refractivity contribution in [3.05, 3.63) is 58.6 Å². The summed E-state index contributed by atoms with van der Waals surface area (Å²) < 4.78 is 5.09. The Morgan fingerprint density at radius 3 is 2.67 bits per heavy atom. The molecule has 0 bridgehead atoms. The number of carbonyl (C=O) groups is 2. The normalized spacial score (nSPS) is 13.5. The van der Waals surface area contributed by atoms with Crippen LogP contribution in [0.15, 0.2) is 42.5 Å². The van der Waals surface area contributed by atoms with Crippen molar-refractivity contribution in [3.8, 4) is 5.75 Å². The maximum absolute atomic E-state index is 12.2. The predicted octanol–water partition coefficient (Wildman–Crippen LogP) is 3.08. The Morgan fingerprint density at radius 2 is 1.95 bits per heavy atom. The first kappa shape index (κ1) is 13.6. The van der Waals surface area contributed by atoms with Gasteiger partial charge in [0.15, 0.2) is 0 Å². The van der Waals surface area contributed by atoms with E-state index in [0.717, 1.165) is 5.56 Å². The van der Waals surface area contributed by atoms with Crippen molar-refractivity contribution in [2.24, 2.45) is 0 Å². The number of hydrogen-bond donors (Lipinski definition) is 0. The Balaban J connectivity index is 1.98. The predicted molar refractivity (Wildman–Crippen MR) is 80.0 cm³/mol. The van der Waals surface area contributed by atoms with Crippen molar-refractivity contribution in [1.29, 1.82) is 0 Å². The molecule has 0 spiro atoms. The van der Waals surface area contributed by atoms with Gasteiger partial charge < -0.3 is 9.64 Å². The van der Waals surface area contributed by atoms with Crippen LogP contribution in [0.4, 0.5) is 5.69 Å². The number of hydrogen-bond acceptors (Lipinski definition) is 3. The molecule has 0 aromatic heterocycles. The van der Waals surface area contributed by atoms with E-state index in [9.17, 15) is 9.59 Å². The summed E-state index contributed by atoms with van der Waals surface area (Å²) in [6.45, 7) is 0.310. The van der Waals surface area contributed by atoms with E-state index in [1.54, 1.807) is 30.3 Å². The molecule has 0 unspecified atom stereocenters. The molecule has 4 nitrogen and oxygen atoms in total. The average molecular weight is 302 g/mol. The molecule has 21 heavy (non-hydrogen) atoms. The standard InChI is InChI=1S/C16H12ClNO3/c1-21-12-5-6-14-13(8-12)15(19)16(20)18(14)9-10-3-2-4-11(17)7-10/h2-8H,9H2,1H3. The van der Waals surface area contributed by atoms with Crippen LogP contribution in [-0.2, 0) is 11.3 Å². The van der Waals surface area contributed by atoms with Crippen LogP contribution in [0.2, 0.25) is 5.02 Å². The maximum Gasteiger partial charge on any atom is 0.299 e. The first-order chi connectivity index (χ1) is 10.1. The van der Waals surface area contributed by atoms with Crippen molar-refractivity contribution in [2.75, 3.05) is 12.0 Å². The van der Waals surface area contributed by atoms with Gasteiger partial charge in [-0.05, 0) is 35.9 Å². The summed E-state index contributed by atoms with van der Waals surface area (Å²) >= 11 is 5.95. The van der Waals surface area contributed by atoms with Gasteiger partial charge in [-0.25, -0.2) is 0 Å². The summed E-state index contributed by atoms with van der Waals surface area (Å²) in [4.78, 5) is 25.7. The highest BCUT2D eigenvalue weighted by Gasteiger charge is 2.36. The molecule has 0 N–H and O–H groups in total. The molecule has 1 aliphatic heterocycles. The number of ketones is 1. The summed E-state index contributed by atoms with van der Waals surface area (Å²) in [5, 5.41) is 0.598. The lowest BCUT2D eigenvalue weighted by Crippen LogP contribution is -2.29. The molecule has 1 heterocycles. The van der Waals surface area contributed by atoms with E-state index in [2.05, 4.69) is 0 Å². The van der Waals surface area contributed by atoms with Gasteiger partial charge in [0, 0.05) is 5.02 Å². The minimum absolute atomic E-state index is 0.310. The Morgan fingerprint density at radius 1 is 1.14 bits per heavy atom. The topological polar surface area (TPSA) is 46.6 Å². The van der Waals surface area contributed by atoms with Crippen molar-refractivity contribution in [2.45, 2.75) is 6.54 Å². The molecule has 106 valence electrons. The largest absolute Gasteiger partial charge is 0.497 e. The number of halogens is 1. The van der Waals surface area contributed by atoms with Crippen LogP contribution in [-0.4, -0.2) is 18.8 Å². The van der Waals surface area contributed by atoms with E-state index in [1.165, 1.54) is 12.0 Å². The van der Waals surface area contributed by atoms with Gasteiger partial charge in [-0.2, -0.15) is 0 Å². The smallest absolute Gasteiger partial charge is 0.299 e. The second-order valence-corrected chi connectivity index (χ2v) is 5.17. The van der Waals surface area contributed by atoms with E-state index < -0.39 is 11.7 Å². The van der Waals surface area contributed by atoms with Crippen LogP contribution >= 0.6 is 11.6 Å². The fourth-order valence-corrected chi connectivity index (χ4v) is 2.59. The van der Waals surface area contributed by atoms with Gasteiger partial charge in [0.25, 0.3) is 11.7 Å². The number of benzene rings is 2. The first-order valence-electron chi connectivity index (χ1n) is 6.39. The molecule has 0 fully saturated rings. The molecule has 1 amide bonds. The summed E-state index contributed by atoms with van der Waals surface area (Å²) in [7, 11) is 1.52. The lowest BCUT2D eigenvalue weighted by atomic mass is 10.1. The molecule has 2 aromatic rings. The number of carbonyl (C=O) groups excluding carboxylic acids is 2. The molecule has 5 heteroatoms. The molecule has 0 saturated heterocycles. The zero-order chi connectivity index (χ0) is 15.0. The maximum atomic E-state index is 12.2. The number of anilines is 1.